The van der Waals surface area contributed by atoms with Gasteiger partial charge in [-0.15, -0.1) is 0 Å². The SMILES string of the molecule is O=C(c1ccc2cccnc2c1)C1CN2CCCC2CO1. The molecule has 1 aromatic carbocycles. The Morgan fingerprint density at radius 3 is 3.24 bits per heavy atom. The minimum atomic E-state index is -0.333. The number of nitrogens with zero attached hydrogens (tertiary/aromatic N) is 2. The molecule has 2 aliphatic rings. The topological polar surface area (TPSA) is 42.4 Å². The lowest BCUT2D eigenvalue weighted by atomic mass is 10.0. The fourth-order valence-electron chi connectivity index (χ4n) is 3.38. The van der Waals surface area contributed by atoms with Crippen molar-refractivity contribution in [1.29, 1.82) is 0 Å². The summed E-state index contributed by atoms with van der Waals surface area (Å²) >= 11 is 0. The summed E-state index contributed by atoms with van der Waals surface area (Å²) in [5.74, 6) is 0.0768. The van der Waals surface area contributed by atoms with E-state index in [9.17, 15) is 4.79 Å². The monoisotopic (exact) mass is 282 g/mol. The number of carbonyl (C=O) groups excluding carboxylic acids is 1. The molecular formula is C17H18N2O2. The van der Waals surface area contributed by atoms with Crippen molar-refractivity contribution in [2.24, 2.45) is 0 Å². The number of pyridine rings is 1. The largest absolute Gasteiger partial charge is 0.367 e. The minimum Gasteiger partial charge on any atom is -0.367 e. The van der Waals surface area contributed by atoms with Gasteiger partial charge in [0.25, 0.3) is 0 Å². The maximum atomic E-state index is 12.7. The number of hydrogen-bond donors (Lipinski definition) is 0. The van der Waals surface area contributed by atoms with Gasteiger partial charge in [-0.1, -0.05) is 18.2 Å². The van der Waals surface area contributed by atoms with Crippen LogP contribution in [-0.2, 0) is 4.74 Å². The summed E-state index contributed by atoms with van der Waals surface area (Å²) < 4.78 is 5.81. The molecule has 2 aliphatic heterocycles. The number of carbonyl (C=O) groups is 1. The quantitative estimate of drug-likeness (QED) is 0.793. The minimum absolute atomic E-state index is 0.0768. The zero-order valence-electron chi connectivity index (χ0n) is 11.9. The summed E-state index contributed by atoms with van der Waals surface area (Å²) in [6, 6.07) is 10.1. The van der Waals surface area contributed by atoms with Gasteiger partial charge in [0.05, 0.1) is 12.1 Å². The Balaban J connectivity index is 1.58. The fourth-order valence-corrected chi connectivity index (χ4v) is 3.38. The molecule has 4 rings (SSSR count). The van der Waals surface area contributed by atoms with E-state index in [-0.39, 0.29) is 11.9 Å². The highest BCUT2D eigenvalue weighted by atomic mass is 16.5. The summed E-state index contributed by atoms with van der Waals surface area (Å²) in [4.78, 5) is 19.4. The van der Waals surface area contributed by atoms with Gasteiger partial charge >= 0.3 is 0 Å². The van der Waals surface area contributed by atoms with Gasteiger partial charge in [0, 0.05) is 29.7 Å². The van der Waals surface area contributed by atoms with Crippen LogP contribution in [0.2, 0.25) is 0 Å². The molecule has 2 aromatic rings. The molecule has 0 spiro atoms. The van der Waals surface area contributed by atoms with Crippen LogP contribution in [0.4, 0.5) is 0 Å². The van der Waals surface area contributed by atoms with E-state index in [4.69, 9.17) is 4.74 Å². The Kier molecular flexibility index (Phi) is 3.20. The van der Waals surface area contributed by atoms with E-state index >= 15 is 0 Å². The lowest BCUT2D eigenvalue weighted by Crippen LogP contribution is -2.49. The third-order valence-electron chi connectivity index (χ3n) is 4.57. The second-order valence-corrected chi connectivity index (χ2v) is 5.89. The Hall–Kier alpha value is -1.78. The Labute approximate surface area is 123 Å². The van der Waals surface area contributed by atoms with Crippen molar-refractivity contribution in [3.05, 3.63) is 42.1 Å². The zero-order valence-corrected chi connectivity index (χ0v) is 11.9. The number of benzene rings is 1. The first kappa shape index (κ1) is 12.9. The Morgan fingerprint density at radius 1 is 1.33 bits per heavy atom. The van der Waals surface area contributed by atoms with Gasteiger partial charge in [-0.25, -0.2) is 0 Å². The number of ketones is 1. The summed E-state index contributed by atoms with van der Waals surface area (Å²) in [7, 11) is 0. The zero-order chi connectivity index (χ0) is 14.2. The summed E-state index contributed by atoms with van der Waals surface area (Å²) in [6.45, 7) is 2.50. The first-order valence-corrected chi connectivity index (χ1v) is 7.56. The van der Waals surface area contributed by atoms with Crippen LogP contribution in [0.15, 0.2) is 36.5 Å². The summed E-state index contributed by atoms with van der Waals surface area (Å²) in [5.41, 5.74) is 1.56. The van der Waals surface area contributed by atoms with Crippen molar-refractivity contribution in [2.75, 3.05) is 19.7 Å². The highest BCUT2D eigenvalue weighted by Crippen LogP contribution is 2.24. The van der Waals surface area contributed by atoms with Crippen LogP contribution in [0.5, 0.6) is 0 Å². The van der Waals surface area contributed by atoms with Crippen molar-refractivity contribution < 1.29 is 9.53 Å². The molecule has 0 radical (unpaired) electrons. The Morgan fingerprint density at radius 2 is 2.29 bits per heavy atom. The lowest BCUT2D eigenvalue weighted by Gasteiger charge is -2.34. The molecule has 1 aromatic heterocycles. The predicted octanol–water partition coefficient (Wildman–Crippen LogP) is 2.28. The van der Waals surface area contributed by atoms with Crippen LogP contribution < -0.4 is 0 Å². The third kappa shape index (κ3) is 2.34. The van der Waals surface area contributed by atoms with E-state index in [1.165, 1.54) is 12.8 Å². The molecule has 4 heteroatoms. The van der Waals surface area contributed by atoms with Crippen molar-refractivity contribution in [1.82, 2.24) is 9.88 Å². The van der Waals surface area contributed by atoms with Gasteiger partial charge in [-0.05, 0) is 31.5 Å². The van der Waals surface area contributed by atoms with Crippen LogP contribution in [0, 0.1) is 0 Å². The molecule has 0 aliphatic carbocycles. The molecule has 3 heterocycles. The van der Waals surface area contributed by atoms with Gasteiger partial charge in [-0.2, -0.15) is 0 Å². The van der Waals surface area contributed by atoms with Crippen LogP contribution >= 0.6 is 0 Å². The predicted molar refractivity (Wildman–Crippen MR) is 80.4 cm³/mol. The fraction of sp³-hybridized carbons (Fsp3) is 0.412. The number of rotatable bonds is 2. The van der Waals surface area contributed by atoms with E-state index in [1.54, 1.807) is 6.20 Å². The molecule has 108 valence electrons. The van der Waals surface area contributed by atoms with Crippen molar-refractivity contribution in [3.8, 4) is 0 Å². The standard InChI is InChI=1S/C17H18N2O2/c20-17(16-10-19-8-2-4-14(19)11-21-16)13-6-5-12-3-1-7-18-15(12)9-13/h1,3,5-7,9,14,16H,2,4,8,10-11H2. The van der Waals surface area contributed by atoms with Gasteiger partial charge in [-0.3, -0.25) is 14.7 Å². The normalized spacial score (nSPS) is 25.9. The number of ether oxygens (including phenoxy) is 1. The van der Waals surface area contributed by atoms with Gasteiger partial charge < -0.3 is 4.74 Å². The molecule has 21 heavy (non-hydrogen) atoms. The van der Waals surface area contributed by atoms with Gasteiger partial charge in [0.15, 0.2) is 5.78 Å². The molecule has 0 saturated carbocycles. The van der Waals surface area contributed by atoms with Crippen molar-refractivity contribution in [2.45, 2.75) is 25.0 Å². The first-order chi connectivity index (χ1) is 10.3. The molecular weight excluding hydrogens is 264 g/mol. The number of Topliss-reactive ketones (excluding diaryl/α,β-unsaturated/α-hetero) is 1. The third-order valence-corrected chi connectivity index (χ3v) is 4.57. The number of aromatic nitrogens is 1. The smallest absolute Gasteiger partial charge is 0.192 e. The van der Waals surface area contributed by atoms with Gasteiger partial charge in [0.1, 0.15) is 6.10 Å². The maximum Gasteiger partial charge on any atom is 0.192 e. The van der Waals surface area contributed by atoms with E-state index in [1.807, 2.05) is 30.3 Å². The molecule has 0 bridgehead atoms. The molecule has 2 unspecified atom stereocenters. The number of morpholine rings is 1. The second-order valence-electron chi connectivity index (χ2n) is 5.89. The summed E-state index contributed by atoms with van der Waals surface area (Å²) in [6.07, 6.45) is 3.83. The number of hydrogen-bond acceptors (Lipinski definition) is 4. The Bertz CT molecular complexity index is 685. The van der Waals surface area contributed by atoms with Crippen LogP contribution in [0.25, 0.3) is 10.9 Å². The van der Waals surface area contributed by atoms with Crippen LogP contribution in [0.1, 0.15) is 23.2 Å². The molecule has 4 nitrogen and oxygen atoms in total. The second kappa shape index (κ2) is 5.20. The maximum absolute atomic E-state index is 12.7. The molecule has 0 N–H and O–H groups in total. The highest BCUT2D eigenvalue weighted by Gasteiger charge is 2.35. The molecule has 2 saturated heterocycles. The molecule has 2 fully saturated rings. The number of fused-ring (bicyclic) bond motifs is 2. The lowest BCUT2D eigenvalue weighted by molar-refractivity contribution is -0.0344. The van der Waals surface area contributed by atoms with E-state index in [0.29, 0.717) is 18.2 Å². The van der Waals surface area contributed by atoms with Crippen LogP contribution in [0.3, 0.4) is 0 Å². The average molecular weight is 282 g/mol. The van der Waals surface area contributed by atoms with E-state index < -0.39 is 0 Å². The van der Waals surface area contributed by atoms with Crippen molar-refractivity contribution >= 4 is 16.7 Å². The van der Waals surface area contributed by atoms with Crippen molar-refractivity contribution in [3.63, 3.8) is 0 Å². The van der Waals surface area contributed by atoms with E-state index in [0.717, 1.165) is 24.0 Å². The van der Waals surface area contributed by atoms with Gasteiger partial charge in [0.2, 0.25) is 0 Å². The molecule has 0 amide bonds. The first-order valence-electron chi connectivity index (χ1n) is 7.56. The molecule has 2 atom stereocenters. The van der Waals surface area contributed by atoms with E-state index in [2.05, 4.69) is 9.88 Å². The highest BCUT2D eigenvalue weighted by molar-refractivity contribution is 6.02. The summed E-state index contributed by atoms with van der Waals surface area (Å²) in [5, 5.41) is 1.05. The van der Waals surface area contributed by atoms with Crippen LogP contribution in [-0.4, -0.2) is 47.5 Å². The average Bonchev–Trinajstić information content (AvgIpc) is 3.01.